The van der Waals surface area contributed by atoms with E-state index >= 15 is 0 Å². The summed E-state index contributed by atoms with van der Waals surface area (Å²) < 4.78 is 6.88. The summed E-state index contributed by atoms with van der Waals surface area (Å²) in [6.07, 6.45) is 2.99. The molecule has 9 heteroatoms. The zero-order valence-electron chi connectivity index (χ0n) is 16.2. The first-order valence-corrected chi connectivity index (χ1v) is 9.26. The van der Waals surface area contributed by atoms with Gasteiger partial charge in [-0.3, -0.25) is 19.7 Å². The molecule has 0 bridgehead atoms. The van der Waals surface area contributed by atoms with Crippen LogP contribution in [0.5, 0.6) is 0 Å². The molecule has 2 aromatic carbocycles. The van der Waals surface area contributed by atoms with Crippen molar-refractivity contribution in [3.8, 4) is 5.69 Å². The molecule has 0 aliphatic carbocycles. The van der Waals surface area contributed by atoms with Crippen LogP contribution in [0.3, 0.4) is 0 Å². The fourth-order valence-corrected chi connectivity index (χ4v) is 2.71. The summed E-state index contributed by atoms with van der Waals surface area (Å²) in [6, 6.07) is 15.1. The SMILES string of the molecule is CC(OC(=O)CCc1cnn(-c2ccccc2)c1)C(=O)Nc1cccc([N+](=O)[O-])c1. The first kappa shape index (κ1) is 20.7. The Balaban J connectivity index is 1.48. The number of rotatable bonds is 8. The number of amides is 1. The molecular formula is C21H20N4O5. The molecule has 9 nitrogen and oxygen atoms in total. The predicted octanol–water partition coefficient (Wildman–Crippen LogP) is 3.28. The van der Waals surface area contributed by atoms with E-state index in [-0.39, 0.29) is 17.8 Å². The van der Waals surface area contributed by atoms with Gasteiger partial charge in [-0.25, -0.2) is 4.68 Å². The third kappa shape index (κ3) is 5.51. The monoisotopic (exact) mass is 408 g/mol. The molecule has 1 unspecified atom stereocenters. The Hall–Kier alpha value is -4.01. The van der Waals surface area contributed by atoms with Crippen molar-refractivity contribution in [1.29, 1.82) is 0 Å². The average molecular weight is 408 g/mol. The Morgan fingerprint density at radius 1 is 1.20 bits per heavy atom. The van der Waals surface area contributed by atoms with E-state index in [1.165, 1.54) is 31.2 Å². The summed E-state index contributed by atoms with van der Waals surface area (Å²) in [6.45, 7) is 1.44. The molecule has 1 amide bonds. The lowest BCUT2D eigenvalue weighted by Crippen LogP contribution is -2.30. The van der Waals surface area contributed by atoms with E-state index in [1.807, 2.05) is 36.5 Å². The Kier molecular flexibility index (Phi) is 6.53. The van der Waals surface area contributed by atoms with Gasteiger partial charge in [0.05, 0.1) is 16.8 Å². The second-order valence-corrected chi connectivity index (χ2v) is 6.56. The number of hydrogen-bond donors (Lipinski definition) is 1. The number of ether oxygens (including phenoxy) is 1. The third-order valence-electron chi connectivity index (χ3n) is 4.28. The molecule has 0 radical (unpaired) electrons. The molecule has 3 rings (SSSR count). The van der Waals surface area contributed by atoms with Crippen LogP contribution in [-0.4, -0.2) is 32.7 Å². The van der Waals surface area contributed by atoms with Crippen molar-refractivity contribution in [2.24, 2.45) is 0 Å². The number of nitro benzene ring substituents is 1. The highest BCUT2D eigenvalue weighted by Gasteiger charge is 2.19. The van der Waals surface area contributed by atoms with Gasteiger partial charge < -0.3 is 10.1 Å². The lowest BCUT2D eigenvalue weighted by atomic mass is 10.2. The third-order valence-corrected chi connectivity index (χ3v) is 4.28. The number of nitrogens with one attached hydrogen (secondary N) is 1. The minimum Gasteiger partial charge on any atom is -0.453 e. The smallest absolute Gasteiger partial charge is 0.306 e. The number of hydrogen-bond acceptors (Lipinski definition) is 6. The summed E-state index contributed by atoms with van der Waals surface area (Å²) >= 11 is 0. The molecule has 30 heavy (non-hydrogen) atoms. The number of nitro groups is 1. The van der Waals surface area contributed by atoms with E-state index in [4.69, 9.17) is 4.74 Å². The fraction of sp³-hybridized carbons (Fsp3) is 0.190. The molecule has 0 saturated heterocycles. The number of aromatic nitrogens is 2. The maximum atomic E-state index is 12.2. The number of nitrogens with zero attached hydrogens (tertiary/aromatic N) is 3. The number of esters is 1. The van der Waals surface area contributed by atoms with Crippen molar-refractivity contribution < 1.29 is 19.2 Å². The number of para-hydroxylation sites is 1. The van der Waals surface area contributed by atoms with Gasteiger partial charge in [0.1, 0.15) is 0 Å². The molecule has 0 spiro atoms. The maximum absolute atomic E-state index is 12.2. The second-order valence-electron chi connectivity index (χ2n) is 6.56. The van der Waals surface area contributed by atoms with Crippen LogP contribution in [0.1, 0.15) is 18.9 Å². The van der Waals surface area contributed by atoms with E-state index in [1.54, 1.807) is 10.9 Å². The quantitative estimate of drug-likeness (QED) is 0.347. The van der Waals surface area contributed by atoms with Crippen LogP contribution in [0, 0.1) is 10.1 Å². The topological polar surface area (TPSA) is 116 Å². The number of carbonyl (C=O) groups excluding carboxylic acids is 2. The summed E-state index contributed by atoms with van der Waals surface area (Å²) in [5.74, 6) is -1.09. The lowest BCUT2D eigenvalue weighted by Gasteiger charge is -2.13. The summed E-state index contributed by atoms with van der Waals surface area (Å²) in [7, 11) is 0. The number of carbonyl (C=O) groups is 2. The van der Waals surface area contributed by atoms with Crippen LogP contribution in [0.25, 0.3) is 5.69 Å². The van der Waals surface area contributed by atoms with Gasteiger partial charge in [-0.15, -0.1) is 0 Å². The van der Waals surface area contributed by atoms with Crippen LogP contribution in [0.15, 0.2) is 67.0 Å². The Bertz CT molecular complexity index is 1050. The fourth-order valence-electron chi connectivity index (χ4n) is 2.71. The van der Waals surface area contributed by atoms with Crippen molar-refractivity contribution in [2.75, 3.05) is 5.32 Å². The summed E-state index contributed by atoms with van der Waals surface area (Å²) in [5, 5.41) is 17.6. The normalized spacial score (nSPS) is 11.5. The number of anilines is 1. The molecule has 0 saturated carbocycles. The average Bonchev–Trinajstić information content (AvgIpc) is 3.22. The van der Waals surface area contributed by atoms with E-state index in [2.05, 4.69) is 10.4 Å². The minimum absolute atomic E-state index is 0.0922. The lowest BCUT2D eigenvalue weighted by molar-refractivity contribution is -0.384. The first-order valence-electron chi connectivity index (χ1n) is 9.26. The molecular weight excluding hydrogens is 388 g/mol. The summed E-state index contributed by atoms with van der Waals surface area (Å²) in [5.41, 5.74) is 1.89. The van der Waals surface area contributed by atoms with Gasteiger partial charge in [-0.1, -0.05) is 24.3 Å². The molecule has 1 atom stereocenters. The van der Waals surface area contributed by atoms with E-state index in [0.717, 1.165) is 11.3 Å². The van der Waals surface area contributed by atoms with Gasteiger partial charge in [0.15, 0.2) is 6.10 Å². The highest BCUT2D eigenvalue weighted by molar-refractivity contribution is 5.95. The van der Waals surface area contributed by atoms with Crippen LogP contribution in [0.2, 0.25) is 0 Å². The van der Waals surface area contributed by atoms with Crippen LogP contribution < -0.4 is 5.32 Å². The van der Waals surface area contributed by atoms with Gasteiger partial charge in [-0.2, -0.15) is 5.10 Å². The van der Waals surface area contributed by atoms with Gasteiger partial charge in [0, 0.05) is 30.4 Å². The highest BCUT2D eigenvalue weighted by Crippen LogP contribution is 2.17. The first-order chi connectivity index (χ1) is 14.4. The van der Waals surface area contributed by atoms with Crippen LogP contribution in [-0.2, 0) is 20.7 Å². The molecule has 1 aromatic heterocycles. The Labute approximate surface area is 172 Å². The molecule has 3 aromatic rings. The second kappa shape index (κ2) is 9.46. The van der Waals surface area contributed by atoms with Crippen molar-refractivity contribution in [1.82, 2.24) is 9.78 Å². The van der Waals surface area contributed by atoms with Crippen molar-refractivity contribution in [2.45, 2.75) is 25.9 Å². The molecule has 1 N–H and O–H groups in total. The Morgan fingerprint density at radius 2 is 1.97 bits per heavy atom. The standard InChI is InChI=1S/C21H20N4O5/c1-15(21(27)23-17-6-5-9-19(12-17)25(28)29)30-20(26)11-10-16-13-22-24(14-16)18-7-3-2-4-8-18/h2-9,12-15H,10-11H2,1H3,(H,23,27). The molecule has 0 aliphatic rings. The van der Waals surface area contributed by atoms with Crippen molar-refractivity contribution >= 4 is 23.3 Å². The maximum Gasteiger partial charge on any atom is 0.306 e. The number of aryl methyl sites for hydroxylation is 1. The van der Waals surface area contributed by atoms with Gasteiger partial charge in [-0.05, 0) is 37.1 Å². The molecule has 0 fully saturated rings. The molecule has 0 aliphatic heterocycles. The Morgan fingerprint density at radius 3 is 2.70 bits per heavy atom. The molecule has 1 heterocycles. The van der Waals surface area contributed by atoms with Crippen molar-refractivity contribution in [3.63, 3.8) is 0 Å². The zero-order valence-corrected chi connectivity index (χ0v) is 16.2. The predicted molar refractivity (Wildman–Crippen MR) is 109 cm³/mol. The van der Waals surface area contributed by atoms with Crippen LogP contribution >= 0.6 is 0 Å². The zero-order chi connectivity index (χ0) is 21.5. The van der Waals surface area contributed by atoms with Gasteiger partial charge >= 0.3 is 5.97 Å². The number of non-ortho nitro benzene ring substituents is 1. The largest absolute Gasteiger partial charge is 0.453 e. The molecule has 154 valence electrons. The summed E-state index contributed by atoms with van der Waals surface area (Å²) in [4.78, 5) is 34.5. The van der Waals surface area contributed by atoms with Gasteiger partial charge in [0.25, 0.3) is 11.6 Å². The van der Waals surface area contributed by atoms with Crippen molar-refractivity contribution in [3.05, 3.63) is 82.7 Å². The van der Waals surface area contributed by atoms with Gasteiger partial charge in [0.2, 0.25) is 0 Å². The van der Waals surface area contributed by atoms with Crippen LogP contribution in [0.4, 0.5) is 11.4 Å². The minimum atomic E-state index is -1.04. The van der Waals surface area contributed by atoms with E-state index in [9.17, 15) is 19.7 Å². The highest BCUT2D eigenvalue weighted by atomic mass is 16.6. The number of benzene rings is 2. The van der Waals surface area contributed by atoms with E-state index in [0.29, 0.717) is 6.42 Å². The van der Waals surface area contributed by atoms with E-state index < -0.39 is 22.9 Å².